The molecule has 0 unspecified atom stereocenters. The third-order valence-corrected chi connectivity index (χ3v) is 5.12. The fourth-order valence-electron chi connectivity index (χ4n) is 3.63. The molecule has 0 aliphatic rings. The number of halogens is 3. The van der Waals surface area contributed by atoms with Gasteiger partial charge in [-0.3, -0.25) is 0 Å². The third kappa shape index (κ3) is 5.17. The van der Waals surface area contributed by atoms with Gasteiger partial charge in [-0.2, -0.15) is 0 Å². The molecule has 0 radical (unpaired) electrons. The summed E-state index contributed by atoms with van der Waals surface area (Å²) in [6.45, 7) is 4.69. The average molecular weight is 469 g/mol. The Morgan fingerprint density at radius 1 is 0.912 bits per heavy atom. The summed E-state index contributed by atoms with van der Waals surface area (Å²) in [7, 11) is 0. The number of hydrogen-bond donors (Lipinski definition) is 1. The van der Waals surface area contributed by atoms with Gasteiger partial charge in [-0.25, -0.2) is 4.79 Å². The predicted molar refractivity (Wildman–Crippen MR) is 123 cm³/mol. The first-order valence-electron chi connectivity index (χ1n) is 10.6. The fourth-order valence-corrected chi connectivity index (χ4v) is 3.63. The van der Waals surface area contributed by atoms with Crippen LogP contribution in [0.25, 0.3) is 27.7 Å². The van der Waals surface area contributed by atoms with Crippen LogP contribution in [-0.4, -0.2) is 28.6 Å². The molecule has 1 N–H and O–H groups in total. The van der Waals surface area contributed by atoms with Crippen LogP contribution in [0.2, 0.25) is 0 Å². The molecule has 0 amide bonds. The van der Waals surface area contributed by atoms with Gasteiger partial charge in [0.2, 0.25) is 0 Å². The monoisotopic (exact) mass is 469 g/mol. The fraction of sp³-hybridized carbons (Fsp3) is 0.192. The summed E-state index contributed by atoms with van der Waals surface area (Å²) >= 11 is 0. The van der Waals surface area contributed by atoms with Gasteiger partial charge in [-0.15, -0.1) is 13.2 Å². The maximum absolute atomic E-state index is 12.4. The summed E-state index contributed by atoms with van der Waals surface area (Å²) in [5.41, 5.74) is 2.86. The molecule has 0 saturated heterocycles. The van der Waals surface area contributed by atoms with Crippen molar-refractivity contribution in [3.63, 3.8) is 0 Å². The van der Waals surface area contributed by atoms with Crippen LogP contribution in [-0.2, 0) is 0 Å². The lowest BCUT2D eigenvalue weighted by molar-refractivity contribution is -0.274. The Hall–Kier alpha value is -3.94. The molecule has 0 atom stereocenters. The van der Waals surface area contributed by atoms with Crippen molar-refractivity contribution in [1.29, 1.82) is 0 Å². The highest BCUT2D eigenvalue weighted by molar-refractivity contribution is 5.97. The Morgan fingerprint density at radius 3 is 2.12 bits per heavy atom. The second-order valence-corrected chi connectivity index (χ2v) is 8.21. The number of nitrogens with zero attached hydrogens (tertiary/aromatic N) is 1. The number of aromatic carboxylic acids is 1. The number of aromatic nitrogens is 1. The maximum atomic E-state index is 12.4. The van der Waals surface area contributed by atoms with Gasteiger partial charge in [0.15, 0.2) is 0 Å². The van der Waals surface area contributed by atoms with E-state index in [1.54, 1.807) is 53.1 Å². The van der Waals surface area contributed by atoms with E-state index in [0.717, 1.165) is 5.56 Å². The Kier molecular flexibility index (Phi) is 6.24. The topological polar surface area (TPSA) is 60.7 Å². The number of benzene rings is 3. The van der Waals surface area contributed by atoms with E-state index in [1.807, 2.05) is 0 Å². The molecule has 1 aromatic heterocycles. The Labute approximate surface area is 194 Å². The molecule has 34 heavy (non-hydrogen) atoms. The number of fused-ring (bicyclic) bond motifs is 1. The van der Waals surface area contributed by atoms with E-state index in [0.29, 0.717) is 40.4 Å². The molecule has 3 aromatic carbocycles. The highest BCUT2D eigenvalue weighted by Gasteiger charge is 2.31. The number of carbonyl (C=O) groups is 1. The molecular weight excluding hydrogens is 447 g/mol. The van der Waals surface area contributed by atoms with Gasteiger partial charge < -0.3 is 19.1 Å². The molecule has 8 heteroatoms. The van der Waals surface area contributed by atoms with Crippen molar-refractivity contribution in [2.24, 2.45) is 5.92 Å². The predicted octanol–water partition coefficient (Wildman–Crippen LogP) is 6.93. The summed E-state index contributed by atoms with van der Waals surface area (Å²) in [5, 5.41) is 10.5. The highest BCUT2D eigenvalue weighted by Crippen LogP contribution is 2.31. The first-order valence-corrected chi connectivity index (χ1v) is 10.6. The maximum Gasteiger partial charge on any atom is 0.573 e. The summed E-state index contributed by atoms with van der Waals surface area (Å²) in [6, 6.07) is 19.7. The number of rotatable bonds is 7. The van der Waals surface area contributed by atoms with Gasteiger partial charge in [-0.1, -0.05) is 32.0 Å². The zero-order chi connectivity index (χ0) is 24.5. The van der Waals surface area contributed by atoms with Gasteiger partial charge in [0.1, 0.15) is 17.2 Å². The van der Waals surface area contributed by atoms with Crippen LogP contribution in [0, 0.1) is 5.92 Å². The van der Waals surface area contributed by atoms with E-state index in [2.05, 4.69) is 18.6 Å². The third-order valence-electron chi connectivity index (χ3n) is 5.12. The van der Waals surface area contributed by atoms with Crippen molar-refractivity contribution in [2.75, 3.05) is 6.61 Å². The molecule has 0 fully saturated rings. The number of ether oxygens (including phenoxy) is 2. The van der Waals surface area contributed by atoms with E-state index in [-0.39, 0.29) is 11.4 Å². The van der Waals surface area contributed by atoms with Gasteiger partial charge in [0.25, 0.3) is 0 Å². The average Bonchev–Trinajstić information content (AvgIpc) is 3.16. The lowest BCUT2D eigenvalue weighted by Crippen LogP contribution is -2.16. The molecule has 4 rings (SSSR count). The second-order valence-electron chi connectivity index (χ2n) is 8.21. The van der Waals surface area contributed by atoms with Crippen LogP contribution in [0.1, 0.15) is 24.3 Å². The van der Waals surface area contributed by atoms with Gasteiger partial charge in [0, 0.05) is 11.1 Å². The van der Waals surface area contributed by atoms with Crippen LogP contribution < -0.4 is 9.47 Å². The van der Waals surface area contributed by atoms with Crippen LogP contribution in [0.15, 0.2) is 72.8 Å². The standard InChI is InChI=1S/C26H22F3NO4/c1-16(2)15-33-21-10-6-20(7-11-21)30-23-12-5-18(13-19(23)14-24(30)25(31)32)17-3-8-22(9-4-17)34-26(27,28)29/h3-14,16H,15H2,1-2H3,(H,31,32). The molecule has 4 aromatic rings. The van der Waals surface area contributed by atoms with Crippen LogP contribution in [0.4, 0.5) is 13.2 Å². The van der Waals surface area contributed by atoms with Crippen LogP contribution in [0.3, 0.4) is 0 Å². The van der Waals surface area contributed by atoms with E-state index in [1.165, 1.54) is 24.3 Å². The Morgan fingerprint density at radius 2 is 1.53 bits per heavy atom. The molecule has 0 saturated carbocycles. The normalized spacial score (nSPS) is 11.7. The lowest BCUT2D eigenvalue weighted by Gasteiger charge is -2.12. The van der Waals surface area contributed by atoms with Gasteiger partial charge in [-0.05, 0) is 71.6 Å². The van der Waals surface area contributed by atoms with E-state index < -0.39 is 12.3 Å². The smallest absolute Gasteiger partial charge is 0.493 e. The molecule has 5 nitrogen and oxygen atoms in total. The zero-order valence-corrected chi connectivity index (χ0v) is 18.5. The molecule has 0 aliphatic carbocycles. The highest BCUT2D eigenvalue weighted by atomic mass is 19.4. The lowest BCUT2D eigenvalue weighted by atomic mass is 10.0. The minimum atomic E-state index is -4.75. The number of carboxylic acid groups (broad SMARTS) is 1. The molecular formula is C26H22F3NO4. The van der Waals surface area contributed by atoms with E-state index in [9.17, 15) is 23.1 Å². The van der Waals surface area contributed by atoms with E-state index in [4.69, 9.17) is 4.74 Å². The molecule has 176 valence electrons. The number of carboxylic acids is 1. The summed E-state index contributed by atoms with van der Waals surface area (Å²) in [5.74, 6) is -0.302. The van der Waals surface area contributed by atoms with Crippen molar-refractivity contribution >= 4 is 16.9 Å². The van der Waals surface area contributed by atoms with Crippen molar-refractivity contribution in [3.05, 3.63) is 78.5 Å². The molecule has 0 aliphatic heterocycles. The minimum absolute atomic E-state index is 0.0944. The van der Waals surface area contributed by atoms with Crippen molar-refractivity contribution in [1.82, 2.24) is 4.57 Å². The van der Waals surface area contributed by atoms with Crippen LogP contribution >= 0.6 is 0 Å². The number of hydrogen-bond acceptors (Lipinski definition) is 3. The van der Waals surface area contributed by atoms with Crippen molar-refractivity contribution in [2.45, 2.75) is 20.2 Å². The second kappa shape index (κ2) is 9.13. The number of alkyl halides is 3. The summed E-state index contributed by atoms with van der Waals surface area (Å²) in [6.07, 6.45) is -4.75. The van der Waals surface area contributed by atoms with E-state index >= 15 is 0 Å². The molecule has 0 bridgehead atoms. The van der Waals surface area contributed by atoms with Crippen molar-refractivity contribution in [3.8, 4) is 28.3 Å². The summed E-state index contributed by atoms with van der Waals surface area (Å²) < 4.78 is 48.5. The Bertz CT molecular complexity index is 1310. The largest absolute Gasteiger partial charge is 0.573 e. The molecule has 0 spiro atoms. The Balaban J connectivity index is 1.68. The van der Waals surface area contributed by atoms with Gasteiger partial charge in [0.05, 0.1) is 12.1 Å². The first-order chi connectivity index (χ1) is 16.1. The van der Waals surface area contributed by atoms with Crippen molar-refractivity contribution < 1.29 is 32.5 Å². The van der Waals surface area contributed by atoms with Crippen LogP contribution in [0.5, 0.6) is 11.5 Å². The quantitative estimate of drug-likeness (QED) is 0.319. The minimum Gasteiger partial charge on any atom is -0.493 e. The zero-order valence-electron chi connectivity index (χ0n) is 18.5. The SMILES string of the molecule is CC(C)COc1ccc(-n2c(C(=O)O)cc3cc(-c4ccc(OC(F)(F)F)cc4)ccc32)cc1. The van der Waals surface area contributed by atoms with Gasteiger partial charge >= 0.3 is 12.3 Å². The summed E-state index contributed by atoms with van der Waals surface area (Å²) in [4.78, 5) is 12.0. The first kappa shape index (κ1) is 23.2. The molecule has 1 heterocycles.